The van der Waals surface area contributed by atoms with Gasteiger partial charge < -0.3 is 24.3 Å². The third kappa shape index (κ3) is 5.46. The SMILES string of the molecule is CCOC1OC(C(=O)NCc2ccc(F)cc2)=C[C@H](c2ccoc2)C1CCCO. The number of benzene rings is 1. The topological polar surface area (TPSA) is 80.9 Å². The minimum Gasteiger partial charge on any atom is -0.472 e. The maximum absolute atomic E-state index is 13.0. The maximum Gasteiger partial charge on any atom is 0.286 e. The van der Waals surface area contributed by atoms with Crippen LogP contribution in [0.2, 0.25) is 0 Å². The fourth-order valence-electron chi connectivity index (χ4n) is 3.48. The molecular weight excluding hydrogens is 377 g/mol. The number of allylic oxidation sites excluding steroid dienone is 1. The Labute approximate surface area is 169 Å². The average Bonchev–Trinajstić information content (AvgIpc) is 3.26. The van der Waals surface area contributed by atoms with Crippen molar-refractivity contribution in [3.8, 4) is 0 Å². The van der Waals surface area contributed by atoms with Crippen LogP contribution in [0.3, 0.4) is 0 Å². The quantitative estimate of drug-likeness (QED) is 0.670. The standard InChI is InChI=1S/C22H26FNO5/c1-2-28-22-18(4-3-10-25)19(16-9-11-27-14-16)12-20(29-22)21(26)24-13-15-5-7-17(23)8-6-15/h5-9,11-12,14,18-19,22,25H,2-4,10,13H2,1H3,(H,24,26)/t18?,19-,22?/m1/s1. The van der Waals surface area contributed by atoms with Crippen LogP contribution in [0.15, 0.2) is 59.1 Å². The van der Waals surface area contributed by atoms with E-state index in [0.717, 1.165) is 11.1 Å². The molecule has 0 spiro atoms. The van der Waals surface area contributed by atoms with Crippen molar-refractivity contribution in [2.75, 3.05) is 13.2 Å². The first-order chi connectivity index (χ1) is 14.1. The fourth-order valence-corrected chi connectivity index (χ4v) is 3.48. The molecule has 0 bridgehead atoms. The summed E-state index contributed by atoms with van der Waals surface area (Å²) in [6.45, 7) is 2.63. The molecule has 156 valence electrons. The minimum atomic E-state index is -0.608. The molecule has 2 unspecified atom stereocenters. The van der Waals surface area contributed by atoms with Crippen LogP contribution in [-0.4, -0.2) is 30.5 Å². The molecule has 0 aliphatic carbocycles. The van der Waals surface area contributed by atoms with Gasteiger partial charge in [0, 0.05) is 31.6 Å². The Kier molecular flexibility index (Phi) is 7.43. The van der Waals surface area contributed by atoms with Crippen molar-refractivity contribution in [1.82, 2.24) is 5.32 Å². The van der Waals surface area contributed by atoms with Crippen molar-refractivity contribution in [2.45, 2.75) is 38.5 Å². The number of hydrogen-bond acceptors (Lipinski definition) is 5. The van der Waals surface area contributed by atoms with E-state index in [9.17, 15) is 14.3 Å². The molecule has 1 aromatic carbocycles. The molecule has 29 heavy (non-hydrogen) atoms. The molecule has 3 atom stereocenters. The van der Waals surface area contributed by atoms with Gasteiger partial charge in [0.15, 0.2) is 5.76 Å². The summed E-state index contributed by atoms with van der Waals surface area (Å²) in [5, 5.41) is 12.1. The third-order valence-electron chi connectivity index (χ3n) is 4.93. The first kappa shape index (κ1) is 21.1. The lowest BCUT2D eigenvalue weighted by molar-refractivity contribution is -0.166. The summed E-state index contributed by atoms with van der Waals surface area (Å²) < 4.78 is 29.9. The molecule has 0 radical (unpaired) electrons. The van der Waals surface area contributed by atoms with E-state index in [4.69, 9.17) is 13.9 Å². The van der Waals surface area contributed by atoms with Crippen molar-refractivity contribution >= 4 is 5.91 Å². The smallest absolute Gasteiger partial charge is 0.286 e. The van der Waals surface area contributed by atoms with Gasteiger partial charge in [-0.1, -0.05) is 12.1 Å². The number of amides is 1. The lowest BCUT2D eigenvalue weighted by Crippen LogP contribution is -2.38. The van der Waals surface area contributed by atoms with Crippen LogP contribution in [0.4, 0.5) is 4.39 Å². The third-order valence-corrected chi connectivity index (χ3v) is 4.93. The lowest BCUT2D eigenvalue weighted by atomic mass is 9.81. The van der Waals surface area contributed by atoms with Crippen molar-refractivity contribution in [3.63, 3.8) is 0 Å². The van der Waals surface area contributed by atoms with E-state index < -0.39 is 6.29 Å². The Morgan fingerprint density at radius 3 is 2.72 bits per heavy atom. The predicted octanol–water partition coefficient (Wildman–Crippen LogP) is 3.48. The van der Waals surface area contributed by atoms with E-state index in [1.165, 1.54) is 12.1 Å². The molecule has 0 saturated carbocycles. The van der Waals surface area contributed by atoms with Gasteiger partial charge in [-0.05, 0) is 55.2 Å². The van der Waals surface area contributed by atoms with Gasteiger partial charge in [0.2, 0.25) is 6.29 Å². The largest absolute Gasteiger partial charge is 0.472 e. The fraction of sp³-hybridized carbons (Fsp3) is 0.409. The van der Waals surface area contributed by atoms with Crippen molar-refractivity contribution < 1.29 is 28.2 Å². The molecule has 0 saturated heterocycles. The van der Waals surface area contributed by atoms with Crippen LogP contribution >= 0.6 is 0 Å². The zero-order valence-corrected chi connectivity index (χ0v) is 16.3. The van der Waals surface area contributed by atoms with Crippen molar-refractivity contribution in [2.24, 2.45) is 5.92 Å². The number of aliphatic hydroxyl groups is 1. The highest BCUT2D eigenvalue weighted by atomic mass is 19.1. The van der Waals surface area contributed by atoms with Gasteiger partial charge in [0.05, 0.1) is 12.5 Å². The van der Waals surface area contributed by atoms with Crippen LogP contribution in [0.5, 0.6) is 0 Å². The number of rotatable bonds is 9. The summed E-state index contributed by atoms with van der Waals surface area (Å²) in [5.41, 5.74) is 1.70. The highest BCUT2D eigenvalue weighted by Crippen LogP contribution is 2.39. The second-order valence-corrected chi connectivity index (χ2v) is 6.89. The number of nitrogens with one attached hydrogen (secondary N) is 1. The first-order valence-electron chi connectivity index (χ1n) is 9.78. The summed E-state index contributed by atoms with van der Waals surface area (Å²) in [6, 6.07) is 7.80. The lowest BCUT2D eigenvalue weighted by Gasteiger charge is -2.36. The van der Waals surface area contributed by atoms with Crippen molar-refractivity contribution in [1.29, 1.82) is 0 Å². The molecular formula is C22H26FNO5. The molecule has 7 heteroatoms. The number of halogens is 1. The van der Waals surface area contributed by atoms with E-state index in [0.29, 0.717) is 19.4 Å². The van der Waals surface area contributed by atoms with Crippen LogP contribution in [-0.2, 0) is 20.8 Å². The molecule has 2 N–H and O–H groups in total. The van der Waals surface area contributed by atoms with Crippen molar-refractivity contribution in [3.05, 3.63) is 71.6 Å². The summed E-state index contributed by atoms with van der Waals surface area (Å²) in [7, 11) is 0. The van der Waals surface area contributed by atoms with E-state index in [1.807, 2.05) is 13.0 Å². The molecule has 1 aliphatic rings. The van der Waals surface area contributed by atoms with E-state index in [1.54, 1.807) is 30.7 Å². The van der Waals surface area contributed by atoms with Crippen LogP contribution in [0.1, 0.15) is 36.8 Å². The van der Waals surface area contributed by atoms with Gasteiger partial charge in [-0.15, -0.1) is 0 Å². The Morgan fingerprint density at radius 1 is 1.28 bits per heavy atom. The molecule has 1 amide bonds. The number of ether oxygens (including phenoxy) is 2. The van der Waals surface area contributed by atoms with E-state index in [-0.39, 0.29) is 42.5 Å². The van der Waals surface area contributed by atoms with E-state index in [2.05, 4.69) is 5.32 Å². The maximum atomic E-state index is 13.0. The molecule has 3 rings (SSSR count). The molecule has 1 aromatic heterocycles. The Bertz CT molecular complexity index is 803. The number of carbonyl (C=O) groups excluding carboxylic acids is 1. The van der Waals surface area contributed by atoms with E-state index >= 15 is 0 Å². The number of carbonyl (C=O) groups is 1. The summed E-state index contributed by atoms with van der Waals surface area (Å²) in [5.74, 6) is -0.717. The second-order valence-electron chi connectivity index (χ2n) is 6.89. The van der Waals surface area contributed by atoms with Gasteiger partial charge >= 0.3 is 0 Å². The van der Waals surface area contributed by atoms with Gasteiger partial charge in [0.25, 0.3) is 5.91 Å². The zero-order chi connectivity index (χ0) is 20.6. The highest BCUT2D eigenvalue weighted by Gasteiger charge is 2.38. The highest BCUT2D eigenvalue weighted by molar-refractivity contribution is 5.91. The Hall–Kier alpha value is -2.64. The zero-order valence-electron chi connectivity index (χ0n) is 16.3. The monoisotopic (exact) mass is 403 g/mol. The Balaban J connectivity index is 1.78. The van der Waals surface area contributed by atoms with Crippen LogP contribution in [0, 0.1) is 11.7 Å². The Morgan fingerprint density at radius 2 is 2.07 bits per heavy atom. The van der Waals surface area contributed by atoms with Gasteiger partial charge in [0.1, 0.15) is 5.82 Å². The molecule has 1 aliphatic heterocycles. The summed E-state index contributed by atoms with van der Waals surface area (Å²) in [6.07, 6.45) is 5.69. The van der Waals surface area contributed by atoms with Gasteiger partial charge in [-0.25, -0.2) is 4.39 Å². The number of furan rings is 1. The molecule has 2 heterocycles. The summed E-state index contributed by atoms with van der Waals surface area (Å²) >= 11 is 0. The van der Waals surface area contributed by atoms with Crippen LogP contribution < -0.4 is 5.32 Å². The normalized spacial score (nSPS) is 21.3. The predicted molar refractivity (Wildman–Crippen MR) is 104 cm³/mol. The second kappa shape index (κ2) is 10.2. The molecule has 6 nitrogen and oxygen atoms in total. The van der Waals surface area contributed by atoms with Crippen LogP contribution in [0.25, 0.3) is 0 Å². The summed E-state index contributed by atoms with van der Waals surface area (Å²) in [4.78, 5) is 12.7. The number of aliphatic hydroxyl groups excluding tert-OH is 1. The molecule has 2 aromatic rings. The van der Waals surface area contributed by atoms with Gasteiger partial charge in [-0.2, -0.15) is 0 Å². The average molecular weight is 403 g/mol. The number of hydrogen-bond donors (Lipinski definition) is 2. The van der Waals surface area contributed by atoms with Gasteiger partial charge in [-0.3, -0.25) is 4.79 Å². The first-order valence-corrected chi connectivity index (χ1v) is 9.78. The molecule has 0 fully saturated rings. The minimum absolute atomic E-state index is 0.0617.